The second kappa shape index (κ2) is 10.4. The SMILES string of the molecule is NS(=O)(=O)c1ccc(CNC(=O)[C@@H](Cc2ccccc2)NS(=O)(=O)c2ccc(Cl)cc2)cc1. The maximum atomic E-state index is 12.9. The first-order valence-corrected chi connectivity index (χ1v) is 13.2. The van der Waals surface area contributed by atoms with Crippen LogP contribution in [-0.4, -0.2) is 28.8 Å². The number of carbonyl (C=O) groups is 1. The molecule has 33 heavy (non-hydrogen) atoms. The summed E-state index contributed by atoms with van der Waals surface area (Å²) in [5, 5.41) is 8.17. The van der Waals surface area contributed by atoms with Crippen LogP contribution in [0.25, 0.3) is 0 Å². The summed E-state index contributed by atoms with van der Waals surface area (Å²) in [7, 11) is -7.82. The zero-order valence-corrected chi connectivity index (χ0v) is 19.7. The summed E-state index contributed by atoms with van der Waals surface area (Å²) < 4.78 is 50.9. The molecular weight excluding hydrogens is 486 g/mol. The summed E-state index contributed by atoms with van der Waals surface area (Å²) in [5.74, 6) is -0.535. The van der Waals surface area contributed by atoms with E-state index in [9.17, 15) is 21.6 Å². The van der Waals surface area contributed by atoms with Crippen molar-refractivity contribution in [2.24, 2.45) is 5.14 Å². The number of halogens is 1. The van der Waals surface area contributed by atoms with Crippen molar-refractivity contribution in [2.75, 3.05) is 0 Å². The summed E-state index contributed by atoms with van der Waals surface area (Å²) >= 11 is 5.84. The van der Waals surface area contributed by atoms with Gasteiger partial charge in [-0.1, -0.05) is 54.1 Å². The molecule has 11 heteroatoms. The van der Waals surface area contributed by atoms with Gasteiger partial charge in [-0.15, -0.1) is 0 Å². The zero-order chi connectivity index (χ0) is 24.1. The first-order chi connectivity index (χ1) is 15.5. The van der Waals surface area contributed by atoms with Gasteiger partial charge in [0, 0.05) is 11.6 Å². The van der Waals surface area contributed by atoms with E-state index < -0.39 is 32.0 Å². The third-order valence-electron chi connectivity index (χ3n) is 4.74. The molecular formula is C22H22ClN3O5S2. The van der Waals surface area contributed by atoms with E-state index in [2.05, 4.69) is 10.0 Å². The molecule has 0 bridgehead atoms. The number of rotatable bonds is 9. The molecule has 0 fully saturated rings. The molecule has 0 unspecified atom stereocenters. The molecule has 0 aliphatic heterocycles. The van der Waals surface area contributed by atoms with Gasteiger partial charge in [-0.2, -0.15) is 4.72 Å². The van der Waals surface area contributed by atoms with Crippen molar-refractivity contribution in [3.8, 4) is 0 Å². The lowest BCUT2D eigenvalue weighted by molar-refractivity contribution is -0.122. The van der Waals surface area contributed by atoms with E-state index >= 15 is 0 Å². The number of carbonyl (C=O) groups excluding carboxylic acids is 1. The van der Waals surface area contributed by atoms with Crippen LogP contribution in [-0.2, 0) is 37.8 Å². The molecule has 3 rings (SSSR count). The third-order valence-corrected chi connectivity index (χ3v) is 7.41. The van der Waals surface area contributed by atoms with Gasteiger partial charge in [0.15, 0.2) is 0 Å². The van der Waals surface area contributed by atoms with Crippen LogP contribution in [0.3, 0.4) is 0 Å². The fourth-order valence-electron chi connectivity index (χ4n) is 3.02. The maximum Gasteiger partial charge on any atom is 0.241 e. The number of sulfonamides is 2. The van der Waals surface area contributed by atoms with Gasteiger partial charge in [0.1, 0.15) is 6.04 Å². The van der Waals surface area contributed by atoms with E-state index in [1.807, 2.05) is 6.07 Å². The third kappa shape index (κ3) is 7.11. The number of amides is 1. The Hall–Kier alpha value is -2.76. The maximum absolute atomic E-state index is 12.9. The van der Waals surface area contributed by atoms with Gasteiger partial charge >= 0.3 is 0 Å². The Morgan fingerprint density at radius 2 is 1.39 bits per heavy atom. The number of primary sulfonamides is 1. The fourth-order valence-corrected chi connectivity index (χ4v) is 4.85. The summed E-state index contributed by atoms with van der Waals surface area (Å²) in [6.45, 7) is 0.0672. The molecule has 0 saturated heterocycles. The van der Waals surface area contributed by atoms with Crippen LogP contribution in [0.1, 0.15) is 11.1 Å². The Labute approximate surface area is 197 Å². The lowest BCUT2D eigenvalue weighted by atomic mass is 10.1. The van der Waals surface area contributed by atoms with Gasteiger partial charge < -0.3 is 5.32 Å². The Bertz CT molecular complexity index is 1310. The highest BCUT2D eigenvalue weighted by molar-refractivity contribution is 7.89. The Balaban J connectivity index is 1.77. The monoisotopic (exact) mass is 507 g/mol. The van der Waals surface area contributed by atoms with Crippen molar-refractivity contribution in [1.29, 1.82) is 0 Å². The predicted molar refractivity (Wildman–Crippen MR) is 125 cm³/mol. The quantitative estimate of drug-likeness (QED) is 0.408. The van der Waals surface area contributed by atoms with E-state index in [-0.39, 0.29) is 22.8 Å². The van der Waals surface area contributed by atoms with Crippen molar-refractivity contribution >= 4 is 37.6 Å². The molecule has 3 aromatic carbocycles. The average molecular weight is 508 g/mol. The van der Waals surface area contributed by atoms with Gasteiger partial charge in [0.2, 0.25) is 26.0 Å². The molecule has 0 radical (unpaired) electrons. The minimum Gasteiger partial charge on any atom is -0.351 e. The fraction of sp³-hybridized carbons (Fsp3) is 0.136. The molecule has 0 heterocycles. The van der Waals surface area contributed by atoms with Crippen molar-refractivity contribution in [2.45, 2.75) is 28.8 Å². The van der Waals surface area contributed by atoms with Crippen molar-refractivity contribution in [3.05, 3.63) is 95.0 Å². The van der Waals surface area contributed by atoms with Crippen LogP contribution in [0, 0.1) is 0 Å². The van der Waals surface area contributed by atoms with Crippen LogP contribution >= 0.6 is 11.6 Å². The molecule has 3 aromatic rings. The second-order valence-corrected chi connectivity index (χ2v) is 10.9. The number of hydrogen-bond donors (Lipinski definition) is 3. The molecule has 4 N–H and O–H groups in total. The predicted octanol–water partition coefficient (Wildman–Crippen LogP) is 2.19. The molecule has 0 aromatic heterocycles. The summed E-state index contributed by atoms with van der Waals surface area (Å²) in [6, 6.07) is 19.2. The molecule has 1 amide bonds. The zero-order valence-electron chi connectivity index (χ0n) is 17.3. The largest absolute Gasteiger partial charge is 0.351 e. The first-order valence-electron chi connectivity index (χ1n) is 9.76. The van der Waals surface area contributed by atoms with Crippen LogP contribution in [0.5, 0.6) is 0 Å². The lowest BCUT2D eigenvalue weighted by Gasteiger charge is -2.19. The van der Waals surface area contributed by atoms with Gasteiger partial charge in [-0.05, 0) is 53.9 Å². The van der Waals surface area contributed by atoms with Gasteiger partial charge in [-0.3, -0.25) is 4.79 Å². The van der Waals surface area contributed by atoms with E-state index in [0.717, 1.165) is 5.56 Å². The van der Waals surface area contributed by atoms with Crippen LogP contribution in [0.2, 0.25) is 5.02 Å². The van der Waals surface area contributed by atoms with E-state index in [0.29, 0.717) is 10.6 Å². The Morgan fingerprint density at radius 3 is 1.97 bits per heavy atom. The van der Waals surface area contributed by atoms with Crippen molar-refractivity contribution < 1.29 is 21.6 Å². The summed E-state index contributed by atoms with van der Waals surface area (Å²) in [5.41, 5.74) is 1.39. The minimum absolute atomic E-state index is 0.0173. The smallest absolute Gasteiger partial charge is 0.241 e. The summed E-state index contributed by atoms with van der Waals surface area (Å²) in [4.78, 5) is 12.9. The van der Waals surface area contributed by atoms with Gasteiger partial charge in [-0.25, -0.2) is 22.0 Å². The summed E-state index contributed by atoms with van der Waals surface area (Å²) in [6.07, 6.45) is 0.129. The van der Waals surface area contributed by atoms with E-state index in [4.69, 9.17) is 16.7 Å². The number of nitrogens with one attached hydrogen (secondary N) is 2. The standard InChI is InChI=1S/C22H22ClN3O5S2/c23-18-8-12-20(13-9-18)33(30,31)26-21(14-16-4-2-1-3-5-16)22(27)25-15-17-6-10-19(11-7-17)32(24,28)29/h1-13,21,26H,14-15H2,(H,25,27)(H2,24,28,29)/t21-/m1/s1. The van der Waals surface area contributed by atoms with E-state index in [1.54, 1.807) is 24.3 Å². The molecule has 1 atom stereocenters. The highest BCUT2D eigenvalue weighted by atomic mass is 35.5. The number of nitrogens with two attached hydrogens (primary N) is 1. The van der Waals surface area contributed by atoms with Crippen LogP contribution < -0.4 is 15.2 Å². The lowest BCUT2D eigenvalue weighted by Crippen LogP contribution is -2.47. The first kappa shape index (κ1) is 24.9. The van der Waals surface area contributed by atoms with Gasteiger partial charge in [0.05, 0.1) is 9.79 Å². The molecule has 0 aliphatic rings. The number of benzene rings is 3. The van der Waals surface area contributed by atoms with Crippen molar-refractivity contribution in [1.82, 2.24) is 10.0 Å². The topological polar surface area (TPSA) is 135 Å². The molecule has 0 saturated carbocycles. The molecule has 174 valence electrons. The molecule has 0 spiro atoms. The normalized spacial score (nSPS) is 12.8. The minimum atomic E-state index is -4.00. The Kier molecular flexibility index (Phi) is 7.88. The molecule has 0 aliphatic carbocycles. The van der Waals surface area contributed by atoms with Crippen molar-refractivity contribution in [3.63, 3.8) is 0 Å². The number of hydrogen-bond acceptors (Lipinski definition) is 5. The van der Waals surface area contributed by atoms with E-state index in [1.165, 1.54) is 48.5 Å². The van der Waals surface area contributed by atoms with Crippen LogP contribution in [0.4, 0.5) is 0 Å². The highest BCUT2D eigenvalue weighted by Crippen LogP contribution is 2.15. The van der Waals surface area contributed by atoms with Crippen LogP contribution in [0.15, 0.2) is 88.7 Å². The Morgan fingerprint density at radius 1 is 0.818 bits per heavy atom. The second-order valence-electron chi connectivity index (χ2n) is 7.22. The molecule has 8 nitrogen and oxygen atoms in total. The van der Waals surface area contributed by atoms with Gasteiger partial charge in [0.25, 0.3) is 0 Å². The highest BCUT2D eigenvalue weighted by Gasteiger charge is 2.26. The average Bonchev–Trinajstić information content (AvgIpc) is 2.77.